The Morgan fingerprint density at radius 2 is 1.63 bits per heavy atom. The minimum absolute atomic E-state index is 0.0533. The Balaban J connectivity index is 1.57. The summed E-state index contributed by atoms with van der Waals surface area (Å²) in [5.41, 5.74) is 9.32. The van der Waals surface area contributed by atoms with Gasteiger partial charge in [0, 0.05) is 13.1 Å². The fourth-order valence-corrected chi connectivity index (χ4v) is 4.40. The number of rotatable bonds is 7. The predicted molar refractivity (Wildman–Crippen MR) is 122 cm³/mol. The molecule has 0 aliphatic carbocycles. The number of amides is 1. The van der Waals surface area contributed by atoms with E-state index in [1.807, 2.05) is 4.90 Å². The molecular weight excluding hydrogens is 370 g/mol. The molecule has 0 spiro atoms. The van der Waals surface area contributed by atoms with Gasteiger partial charge in [-0.05, 0) is 37.5 Å². The molecule has 2 aliphatic heterocycles. The third-order valence-corrected chi connectivity index (χ3v) is 6.24. The van der Waals surface area contributed by atoms with Gasteiger partial charge in [0.1, 0.15) is 5.70 Å². The van der Waals surface area contributed by atoms with Crippen LogP contribution in [0.1, 0.15) is 60.9 Å². The van der Waals surface area contributed by atoms with E-state index in [4.69, 9.17) is 0 Å². The minimum atomic E-state index is 0.0533. The van der Waals surface area contributed by atoms with E-state index < -0.39 is 0 Å². The second kappa shape index (κ2) is 9.05. The van der Waals surface area contributed by atoms with Crippen molar-refractivity contribution in [3.05, 3.63) is 82.6 Å². The molecule has 2 aromatic rings. The molecule has 4 nitrogen and oxygen atoms in total. The topological polar surface area (TPSA) is 35.6 Å². The number of nitrogens with zero attached hydrogens (tertiary/aromatic N) is 2. The van der Waals surface area contributed by atoms with Gasteiger partial charge in [0.25, 0.3) is 5.91 Å². The summed E-state index contributed by atoms with van der Waals surface area (Å²) in [5.74, 6) is 0.129. The maximum Gasteiger partial charge on any atom is 0.271 e. The first kappa shape index (κ1) is 20.7. The molecular formula is C26H33N3O. The molecule has 2 atom stereocenters. The molecule has 1 fully saturated rings. The van der Waals surface area contributed by atoms with E-state index in [1.165, 1.54) is 41.5 Å². The summed E-state index contributed by atoms with van der Waals surface area (Å²) in [6.45, 7) is 7.87. The van der Waals surface area contributed by atoms with Gasteiger partial charge in [-0.15, -0.1) is 0 Å². The second-order valence-electron chi connectivity index (χ2n) is 8.76. The zero-order chi connectivity index (χ0) is 21.1. The van der Waals surface area contributed by atoms with Crippen LogP contribution in [0.2, 0.25) is 0 Å². The Morgan fingerprint density at radius 3 is 2.30 bits per heavy atom. The van der Waals surface area contributed by atoms with Gasteiger partial charge in [-0.2, -0.15) is 0 Å². The van der Waals surface area contributed by atoms with Crippen molar-refractivity contribution in [2.24, 2.45) is 0 Å². The van der Waals surface area contributed by atoms with Crippen LogP contribution < -0.4 is 5.43 Å². The largest absolute Gasteiger partial charge is 0.331 e. The molecule has 4 rings (SSSR count). The molecule has 2 unspecified atom stereocenters. The quantitative estimate of drug-likeness (QED) is 0.658. The Kier molecular flexibility index (Phi) is 6.24. The summed E-state index contributed by atoms with van der Waals surface area (Å²) in [7, 11) is 0. The Labute approximate surface area is 180 Å². The monoisotopic (exact) mass is 403 g/mol. The molecule has 0 radical (unpaired) electrons. The van der Waals surface area contributed by atoms with Crippen molar-refractivity contribution in [2.75, 3.05) is 6.54 Å². The number of nitrogens with one attached hydrogen (secondary N) is 1. The van der Waals surface area contributed by atoms with Crippen LogP contribution >= 0.6 is 0 Å². The Hall–Kier alpha value is -2.59. The Bertz CT molecular complexity index is 901. The second-order valence-corrected chi connectivity index (χ2v) is 8.76. The van der Waals surface area contributed by atoms with Crippen molar-refractivity contribution in [2.45, 2.75) is 65.1 Å². The van der Waals surface area contributed by atoms with Crippen LogP contribution in [-0.2, 0) is 11.3 Å². The van der Waals surface area contributed by atoms with Crippen LogP contribution in [0.25, 0.3) is 0 Å². The number of hydrogen-bond donors (Lipinski definition) is 1. The number of carbonyl (C=O) groups is 1. The van der Waals surface area contributed by atoms with Crippen LogP contribution in [-0.4, -0.2) is 28.4 Å². The average Bonchev–Trinajstić information content (AvgIpc) is 3.19. The van der Waals surface area contributed by atoms with Gasteiger partial charge in [-0.25, -0.2) is 5.43 Å². The average molecular weight is 404 g/mol. The molecule has 4 heteroatoms. The molecule has 2 heterocycles. The van der Waals surface area contributed by atoms with Crippen molar-refractivity contribution in [1.29, 1.82) is 0 Å². The first-order valence-corrected chi connectivity index (χ1v) is 11.2. The molecule has 0 bridgehead atoms. The van der Waals surface area contributed by atoms with Gasteiger partial charge in [0.2, 0.25) is 0 Å². The first-order chi connectivity index (χ1) is 14.5. The molecule has 0 saturated carbocycles. The molecule has 30 heavy (non-hydrogen) atoms. The van der Waals surface area contributed by atoms with E-state index in [0.29, 0.717) is 12.6 Å². The zero-order valence-corrected chi connectivity index (χ0v) is 18.4. The van der Waals surface area contributed by atoms with E-state index >= 15 is 0 Å². The van der Waals surface area contributed by atoms with Gasteiger partial charge >= 0.3 is 0 Å². The summed E-state index contributed by atoms with van der Waals surface area (Å²) in [5, 5.41) is 2.16. The standard InChI is InChI=1S/C26H33N3O/c1-4-5-6-7-23-18-28(17-21-12-8-19(2)9-13-21)26(30)25-16-24(27-29(23)25)22-14-10-20(3)11-15-22/h8-16,23-24,27H,4-7,17-18H2,1-3H3. The third kappa shape index (κ3) is 4.44. The lowest BCUT2D eigenvalue weighted by Gasteiger charge is -2.41. The molecule has 1 N–H and O–H groups in total. The van der Waals surface area contributed by atoms with Gasteiger partial charge in [-0.1, -0.05) is 85.8 Å². The lowest BCUT2D eigenvalue weighted by Crippen LogP contribution is -2.56. The van der Waals surface area contributed by atoms with Gasteiger partial charge in [-0.3, -0.25) is 9.80 Å². The van der Waals surface area contributed by atoms with E-state index in [-0.39, 0.29) is 11.9 Å². The number of fused-ring (bicyclic) bond motifs is 1. The molecule has 1 amide bonds. The third-order valence-electron chi connectivity index (χ3n) is 6.24. The van der Waals surface area contributed by atoms with Crippen molar-refractivity contribution in [3.63, 3.8) is 0 Å². The highest BCUT2D eigenvalue weighted by Crippen LogP contribution is 2.32. The number of hydrogen-bond acceptors (Lipinski definition) is 3. The lowest BCUT2D eigenvalue weighted by atomic mass is 10.0. The summed E-state index contributed by atoms with van der Waals surface area (Å²) in [6.07, 6.45) is 6.84. The number of piperazine rings is 1. The van der Waals surface area contributed by atoms with Crippen molar-refractivity contribution in [3.8, 4) is 0 Å². The van der Waals surface area contributed by atoms with E-state index in [0.717, 1.165) is 18.7 Å². The van der Waals surface area contributed by atoms with Gasteiger partial charge < -0.3 is 4.90 Å². The zero-order valence-electron chi connectivity index (χ0n) is 18.4. The molecule has 158 valence electrons. The normalized spacial score (nSPS) is 21.0. The van der Waals surface area contributed by atoms with Crippen molar-refractivity contribution < 1.29 is 4.79 Å². The molecule has 0 aromatic heterocycles. The molecule has 1 saturated heterocycles. The van der Waals surface area contributed by atoms with E-state index in [1.54, 1.807) is 0 Å². The smallest absolute Gasteiger partial charge is 0.271 e. The number of unbranched alkanes of at least 4 members (excludes halogenated alkanes) is 2. The first-order valence-electron chi connectivity index (χ1n) is 11.2. The highest BCUT2D eigenvalue weighted by molar-refractivity contribution is 5.94. The number of benzene rings is 2. The fraction of sp³-hybridized carbons (Fsp3) is 0.423. The number of hydrazine groups is 1. The van der Waals surface area contributed by atoms with Crippen molar-refractivity contribution in [1.82, 2.24) is 15.3 Å². The van der Waals surface area contributed by atoms with Crippen LogP contribution in [0.3, 0.4) is 0 Å². The van der Waals surface area contributed by atoms with Gasteiger partial charge in [0.05, 0.1) is 12.1 Å². The minimum Gasteiger partial charge on any atom is -0.331 e. The molecule has 2 aromatic carbocycles. The van der Waals surface area contributed by atoms with Gasteiger partial charge in [0.15, 0.2) is 0 Å². The fourth-order valence-electron chi connectivity index (χ4n) is 4.40. The summed E-state index contributed by atoms with van der Waals surface area (Å²) in [4.78, 5) is 15.4. The highest BCUT2D eigenvalue weighted by Gasteiger charge is 2.40. The summed E-state index contributed by atoms with van der Waals surface area (Å²) in [6, 6.07) is 17.5. The lowest BCUT2D eigenvalue weighted by molar-refractivity contribution is -0.135. The van der Waals surface area contributed by atoms with E-state index in [9.17, 15) is 4.79 Å². The Morgan fingerprint density at radius 1 is 0.967 bits per heavy atom. The number of carbonyl (C=O) groups excluding carboxylic acids is 1. The summed E-state index contributed by atoms with van der Waals surface area (Å²) >= 11 is 0. The molecule has 2 aliphatic rings. The van der Waals surface area contributed by atoms with Crippen molar-refractivity contribution >= 4 is 5.91 Å². The van der Waals surface area contributed by atoms with Crippen LogP contribution in [0.15, 0.2) is 60.3 Å². The van der Waals surface area contributed by atoms with E-state index in [2.05, 4.69) is 85.8 Å². The maximum absolute atomic E-state index is 13.4. The van der Waals surface area contributed by atoms with Crippen LogP contribution in [0.4, 0.5) is 0 Å². The SMILES string of the molecule is CCCCCC1CN(Cc2ccc(C)cc2)C(=O)C2=CC(c3ccc(C)cc3)NN21. The highest BCUT2D eigenvalue weighted by atomic mass is 16.2. The predicted octanol–water partition coefficient (Wildman–Crippen LogP) is 5.04. The van der Waals surface area contributed by atoms with Crippen LogP contribution in [0, 0.1) is 13.8 Å². The number of aryl methyl sites for hydroxylation is 2. The summed E-state index contributed by atoms with van der Waals surface area (Å²) < 4.78 is 0. The van der Waals surface area contributed by atoms with Crippen LogP contribution in [0.5, 0.6) is 0 Å². The maximum atomic E-state index is 13.4.